The molecule has 2 N–H and O–H groups in total. The van der Waals surface area contributed by atoms with E-state index in [2.05, 4.69) is 15.3 Å². The zero-order valence-electron chi connectivity index (χ0n) is 19.9. The number of carbonyl (C=O) groups excluding carboxylic acids is 1. The molecule has 7 heteroatoms. The van der Waals surface area contributed by atoms with E-state index in [0.29, 0.717) is 37.4 Å². The summed E-state index contributed by atoms with van der Waals surface area (Å²) in [6.07, 6.45) is 9.59. The molecule has 7 nitrogen and oxygen atoms in total. The monoisotopic (exact) mass is 462 g/mol. The molecular weight excluding hydrogens is 428 g/mol. The number of benzene rings is 1. The zero-order chi connectivity index (χ0) is 23.3. The van der Waals surface area contributed by atoms with Gasteiger partial charge in [0, 0.05) is 18.7 Å². The van der Waals surface area contributed by atoms with Crippen LogP contribution in [0.4, 0.5) is 5.82 Å². The molecular formula is C27H34N4O3. The van der Waals surface area contributed by atoms with Gasteiger partial charge in [-0.2, -0.15) is 0 Å². The Labute approximate surface area is 200 Å². The second-order valence-electron chi connectivity index (χ2n) is 11.0. The summed E-state index contributed by atoms with van der Waals surface area (Å²) in [4.78, 5) is 24.0. The molecule has 1 atom stereocenters. The number of aromatic nitrogens is 2. The van der Waals surface area contributed by atoms with Crippen LogP contribution in [0.15, 0.2) is 30.6 Å². The highest BCUT2D eigenvalue weighted by molar-refractivity contribution is 5.97. The molecule has 1 aromatic carbocycles. The van der Waals surface area contributed by atoms with Crippen molar-refractivity contribution in [3.05, 3.63) is 47.4 Å². The van der Waals surface area contributed by atoms with Crippen LogP contribution in [0.3, 0.4) is 0 Å². The molecule has 34 heavy (non-hydrogen) atoms. The number of aliphatic hydroxyl groups is 1. The quantitative estimate of drug-likeness (QED) is 0.681. The number of carbonyl (C=O) groups is 1. The van der Waals surface area contributed by atoms with E-state index in [9.17, 15) is 9.90 Å². The van der Waals surface area contributed by atoms with Gasteiger partial charge in [0.15, 0.2) is 0 Å². The third-order valence-corrected chi connectivity index (χ3v) is 8.89. The van der Waals surface area contributed by atoms with Crippen LogP contribution in [0.1, 0.15) is 60.1 Å². The first-order chi connectivity index (χ1) is 16.5. The van der Waals surface area contributed by atoms with Crippen LogP contribution in [0.2, 0.25) is 0 Å². The summed E-state index contributed by atoms with van der Waals surface area (Å²) in [7, 11) is 1.58. The Hall–Kier alpha value is -2.67. The van der Waals surface area contributed by atoms with Crippen LogP contribution >= 0.6 is 0 Å². The van der Waals surface area contributed by atoms with Gasteiger partial charge in [-0.1, -0.05) is 12.1 Å². The van der Waals surface area contributed by atoms with Gasteiger partial charge in [-0.25, -0.2) is 9.97 Å². The molecule has 180 valence electrons. The summed E-state index contributed by atoms with van der Waals surface area (Å²) in [5.41, 5.74) is 2.59. The molecule has 0 spiro atoms. The number of methoxy groups -OCH3 is 1. The van der Waals surface area contributed by atoms with E-state index < -0.39 is 0 Å². The predicted octanol–water partition coefficient (Wildman–Crippen LogP) is 3.67. The van der Waals surface area contributed by atoms with Crippen LogP contribution < -0.4 is 10.1 Å². The van der Waals surface area contributed by atoms with Crippen molar-refractivity contribution >= 4 is 11.7 Å². The second kappa shape index (κ2) is 8.52. The Bertz CT molecular complexity index is 1050. The van der Waals surface area contributed by atoms with Gasteiger partial charge in [-0.15, -0.1) is 0 Å². The normalized spacial score (nSPS) is 30.1. The highest BCUT2D eigenvalue weighted by atomic mass is 16.5. The van der Waals surface area contributed by atoms with Gasteiger partial charge >= 0.3 is 0 Å². The molecule has 4 aliphatic carbocycles. The number of rotatable bonds is 6. The highest BCUT2D eigenvalue weighted by Gasteiger charge is 2.53. The van der Waals surface area contributed by atoms with Crippen molar-refractivity contribution in [2.75, 3.05) is 25.5 Å². The van der Waals surface area contributed by atoms with E-state index >= 15 is 0 Å². The van der Waals surface area contributed by atoms with E-state index in [4.69, 9.17) is 4.74 Å². The zero-order valence-corrected chi connectivity index (χ0v) is 19.9. The first kappa shape index (κ1) is 21.8. The molecule has 1 amide bonds. The molecule has 4 fully saturated rings. The Morgan fingerprint density at radius 2 is 1.88 bits per heavy atom. The van der Waals surface area contributed by atoms with Crippen LogP contribution in [0.5, 0.6) is 5.75 Å². The van der Waals surface area contributed by atoms with Crippen LogP contribution in [0, 0.1) is 23.2 Å². The summed E-state index contributed by atoms with van der Waals surface area (Å²) in [6, 6.07) is 7.33. The maximum Gasteiger partial charge on any atom is 0.257 e. The predicted molar refractivity (Wildman–Crippen MR) is 129 cm³/mol. The molecule has 1 aromatic heterocycles. The average molecular weight is 463 g/mol. The van der Waals surface area contributed by atoms with Crippen molar-refractivity contribution in [3.63, 3.8) is 0 Å². The molecule has 4 bridgehead atoms. The Morgan fingerprint density at radius 1 is 1.18 bits per heavy atom. The van der Waals surface area contributed by atoms with Crippen molar-refractivity contribution in [1.82, 2.24) is 14.9 Å². The number of anilines is 1. The molecule has 5 aliphatic rings. The summed E-state index contributed by atoms with van der Waals surface area (Å²) in [5.74, 6) is 3.80. The van der Waals surface area contributed by atoms with Gasteiger partial charge in [-0.05, 0) is 80.2 Å². The number of amides is 1. The van der Waals surface area contributed by atoms with Crippen molar-refractivity contribution in [2.24, 2.45) is 23.2 Å². The van der Waals surface area contributed by atoms with Crippen LogP contribution in [-0.4, -0.2) is 52.2 Å². The van der Waals surface area contributed by atoms with Gasteiger partial charge in [0.1, 0.15) is 17.9 Å². The van der Waals surface area contributed by atoms with Crippen molar-refractivity contribution in [1.29, 1.82) is 0 Å². The van der Waals surface area contributed by atoms with Crippen LogP contribution in [-0.2, 0) is 13.0 Å². The first-order valence-electron chi connectivity index (χ1n) is 12.7. The van der Waals surface area contributed by atoms with Gasteiger partial charge in [0.25, 0.3) is 5.91 Å². The number of nitrogens with one attached hydrogen (secondary N) is 1. The lowest BCUT2D eigenvalue weighted by Crippen LogP contribution is -2.53. The van der Waals surface area contributed by atoms with E-state index in [1.54, 1.807) is 19.5 Å². The molecule has 1 unspecified atom stereocenters. The lowest BCUT2D eigenvalue weighted by atomic mass is 9.48. The number of ether oxygens (including phenoxy) is 1. The van der Waals surface area contributed by atoms with E-state index in [1.165, 1.54) is 38.5 Å². The third-order valence-electron chi connectivity index (χ3n) is 8.89. The van der Waals surface area contributed by atoms with Gasteiger partial charge < -0.3 is 20.1 Å². The van der Waals surface area contributed by atoms with E-state index in [-0.39, 0.29) is 17.4 Å². The topological polar surface area (TPSA) is 87.6 Å². The maximum atomic E-state index is 13.1. The molecule has 0 saturated heterocycles. The van der Waals surface area contributed by atoms with Gasteiger partial charge in [-0.3, -0.25) is 4.79 Å². The second-order valence-corrected chi connectivity index (χ2v) is 11.0. The summed E-state index contributed by atoms with van der Waals surface area (Å²) >= 11 is 0. The smallest absolute Gasteiger partial charge is 0.257 e. The third kappa shape index (κ3) is 3.74. The fourth-order valence-electron chi connectivity index (χ4n) is 7.67. The van der Waals surface area contributed by atoms with Crippen molar-refractivity contribution in [2.45, 2.75) is 57.6 Å². The minimum absolute atomic E-state index is 0.0477. The number of hydrogen-bond donors (Lipinski definition) is 2. The molecule has 0 radical (unpaired) electrons. The van der Waals surface area contributed by atoms with Crippen molar-refractivity contribution in [3.8, 4) is 5.75 Å². The lowest BCUT2D eigenvalue weighted by molar-refractivity contribution is -0.115. The first-order valence-corrected chi connectivity index (χ1v) is 12.7. The summed E-state index contributed by atoms with van der Waals surface area (Å²) < 4.78 is 5.38. The Morgan fingerprint density at radius 3 is 2.59 bits per heavy atom. The lowest BCUT2D eigenvalue weighted by Gasteiger charge is -2.58. The van der Waals surface area contributed by atoms with Crippen LogP contribution in [0.25, 0.3) is 0 Å². The maximum absolute atomic E-state index is 13.1. The molecule has 4 saturated carbocycles. The number of fused-ring (bicyclic) bond motifs is 1. The van der Waals surface area contributed by atoms with Crippen molar-refractivity contribution < 1.29 is 14.6 Å². The SMILES string of the molecule is COc1ccccc1C(=O)N1CCc2c(ncnc2NCC(O)C23CC4CC(CC(C4)C2)C3)C1. The Balaban J connectivity index is 1.14. The largest absolute Gasteiger partial charge is 0.496 e. The minimum atomic E-state index is -0.348. The molecule has 2 aromatic rings. The number of nitrogens with zero attached hydrogens (tertiary/aromatic N) is 3. The average Bonchev–Trinajstić information content (AvgIpc) is 2.85. The minimum Gasteiger partial charge on any atom is -0.496 e. The number of aliphatic hydroxyl groups excluding tert-OH is 1. The standard InChI is InChI=1S/C27H34N4O3/c1-34-23-5-3-2-4-21(23)26(33)31-7-6-20-22(15-31)29-16-30-25(20)28-14-24(32)27-11-17-8-18(12-27)10-19(9-17)13-27/h2-5,16-19,24,32H,6-15H2,1H3,(H,28,29,30). The fraction of sp³-hybridized carbons (Fsp3) is 0.593. The summed E-state index contributed by atoms with van der Waals surface area (Å²) in [6.45, 7) is 1.57. The Kier molecular flexibility index (Phi) is 5.47. The fourth-order valence-corrected chi connectivity index (χ4v) is 7.67. The van der Waals surface area contributed by atoms with Gasteiger partial charge in [0.2, 0.25) is 0 Å². The molecule has 2 heterocycles. The van der Waals surface area contributed by atoms with E-state index in [0.717, 1.165) is 34.8 Å². The molecule has 1 aliphatic heterocycles. The summed E-state index contributed by atoms with van der Waals surface area (Å²) in [5, 5.41) is 14.8. The number of hydrogen-bond acceptors (Lipinski definition) is 6. The highest BCUT2D eigenvalue weighted by Crippen LogP contribution is 2.61. The van der Waals surface area contributed by atoms with Gasteiger partial charge in [0.05, 0.1) is 31.0 Å². The molecule has 7 rings (SSSR count). The number of para-hydroxylation sites is 1. The van der Waals surface area contributed by atoms with E-state index in [1.807, 2.05) is 23.1 Å².